The molecule has 9 nitrogen and oxygen atoms in total. The van der Waals surface area contributed by atoms with Crippen molar-refractivity contribution in [2.45, 2.75) is 64.3 Å². The van der Waals surface area contributed by atoms with Gasteiger partial charge in [-0.3, -0.25) is 0 Å². The molecule has 0 aromatic heterocycles. The van der Waals surface area contributed by atoms with Crippen molar-refractivity contribution in [2.75, 3.05) is 39.6 Å². The van der Waals surface area contributed by atoms with E-state index in [-0.39, 0.29) is 43.4 Å². The van der Waals surface area contributed by atoms with Crippen molar-refractivity contribution in [3.8, 4) is 24.0 Å². The van der Waals surface area contributed by atoms with Crippen LogP contribution in [-0.2, 0) is 33.3 Å². The molecule has 0 N–H and O–H groups in total. The van der Waals surface area contributed by atoms with Gasteiger partial charge in [0.2, 0.25) is 0 Å². The third-order valence-corrected chi connectivity index (χ3v) is 9.35. The normalized spacial score (nSPS) is 25.7. The molecule has 2 aromatic carbocycles. The van der Waals surface area contributed by atoms with Crippen molar-refractivity contribution in [3.05, 3.63) is 86.0 Å². The minimum atomic E-state index is -0.584. The Bertz CT molecular complexity index is 1380. The van der Waals surface area contributed by atoms with Crippen LogP contribution in [0.2, 0.25) is 0 Å². The van der Waals surface area contributed by atoms with Crippen molar-refractivity contribution in [3.63, 3.8) is 0 Å². The van der Waals surface area contributed by atoms with Gasteiger partial charge >= 0.3 is 11.9 Å². The van der Waals surface area contributed by atoms with Gasteiger partial charge in [0.15, 0.2) is 12.2 Å². The molecule has 0 bridgehead atoms. The fraction of sp³-hybridized carbons (Fsp3) is 0.500. The van der Waals surface area contributed by atoms with Gasteiger partial charge in [0, 0.05) is 12.2 Å². The molecule has 2 aliphatic rings. The standard InChI is InChI=1S/C40H50O9/c1-6-37(41)48-33(26-46-31-15-11-9-12-16-31)24-43-28-39(4)20-19-35(36(23-39)45-8-3)30-21-40(5,22-30)29-44-25-34(49-38(42)7-2)27-47-32-17-13-10-14-18-32/h3,6-7,9-18,30,33-36H,1-2,19-29H2,4-5H3. The van der Waals surface area contributed by atoms with E-state index in [1.54, 1.807) is 0 Å². The Morgan fingerprint density at radius 1 is 0.796 bits per heavy atom. The summed E-state index contributed by atoms with van der Waals surface area (Å²) in [5, 5.41) is 0. The number of rotatable bonds is 20. The lowest BCUT2D eigenvalue weighted by atomic mass is 9.55. The van der Waals surface area contributed by atoms with Gasteiger partial charge < -0.3 is 33.2 Å². The monoisotopic (exact) mass is 674 g/mol. The molecule has 2 fully saturated rings. The van der Waals surface area contributed by atoms with Gasteiger partial charge in [0.1, 0.15) is 36.9 Å². The van der Waals surface area contributed by atoms with Crippen LogP contribution in [-0.4, -0.2) is 69.9 Å². The van der Waals surface area contributed by atoms with Crippen molar-refractivity contribution in [2.24, 2.45) is 22.7 Å². The average Bonchev–Trinajstić information content (AvgIpc) is 3.09. The van der Waals surface area contributed by atoms with Crippen molar-refractivity contribution >= 4 is 11.9 Å². The van der Waals surface area contributed by atoms with Crippen LogP contribution in [0.1, 0.15) is 46.0 Å². The number of esters is 2. The number of para-hydroxylation sites is 2. The minimum absolute atomic E-state index is 0.00219. The predicted molar refractivity (Wildman–Crippen MR) is 186 cm³/mol. The molecule has 0 radical (unpaired) electrons. The van der Waals surface area contributed by atoms with E-state index in [0.29, 0.717) is 36.5 Å². The van der Waals surface area contributed by atoms with E-state index in [4.69, 9.17) is 39.6 Å². The first kappa shape index (κ1) is 37.6. The lowest BCUT2D eigenvalue weighted by Crippen LogP contribution is -2.49. The Morgan fingerprint density at radius 2 is 1.29 bits per heavy atom. The zero-order chi connectivity index (χ0) is 35.1. The van der Waals surface area contributed by atoms with Crippen LogP contribution < -0.4 is 9.47 Å². The van der Waals surface area contributed by atoms with Gasteiger partial charge in [-0.2, -0.15) is 0 Å². The molecule has 0 amide bonds. The van der Waals surface area contributed by atoms with E-state index in [1.165, 1.54) is 0 Å². The van der Waals surface area contributed by atoms with Crippen LogP contribution in [0.5, 0.6) is 11.5 Å². The van der Waals surface area contributed by atoms with Gasteiger partial charge in [-0.15, -0.1) is 0 Å². The molecule has 0 heterocycles. The number of hydrogen-bond acceptors (Lipinski definition) is 9. The van der Waals surface area contributed by atoms with Gasteiger partial charge in [0.25, 0.3) is 0 Å². The SMILES string of the molecule is C#COC1CC(C)(COCC(COc2ccccc2)OC(=O)C=C)CCC1C1CC(C)(COCC(COc2ccccc2)OC(=O)C=C)C1. The van der Waals surface area contributed by atoms with E-state index in [9.17, 15) is 9.59 Å². The van der Waals surface area contributed by atoms with Crippen molar-refractivity contribution in [1.29, 1.82) is 0 Å². The minimum Gasteiger partial charge on any atom is -0.490 e. The lowest BCUT2D eigenvalue weighted by Gasteiger charge is -2.52. The highest BCUT2D eigenvalue weighted by atomic mass is 16.6. The lowest BCUT2D eigenvalue weighted by molar-refractivity contribution is -0.151. The largest absolute Gasteiger partial charge is 0.490 e. The second kappa shape index (κ2) is 18.5. The molecule has 2 saturated carbocycles. The molecular weight excluding hydrogens is 624 g/mol. The predicted octanol–water partition coefficient (Wildman–Crippen LogP) is 6.57. The number of terminal acetylenes is 1. The molecule has 0 spiro atoms. The highest BCUT2D eigenvalue weighted by molar-refractivity contribution is 5.81. The number of hydrogen-bond donors (Lipinski definition) is 0. The first-order chi connectivity index (χ1) is 23.6. The maximum absolute atomic E-state index is 11.9. The molecule has 5 unspecified atom stereocenters. The maximum atomic E-state index is 11.9. The molecule has 0 aliphatic heterocycles. The summed E-state index contributed by atoms with van der Waals surface area (Å²) in [7, 11) is 0. The molecular formula is C40H50O9. The van der Waals surface area contributed by atoms with Gasteiger partial charge in [-0.1, -0.05) is 69.8 Å². The smallest absolute Gasteiger partial charge is 0.330 e. The molecule has 49 heavy (non-hydrogen) atoms. The Labute approximate surface area is 290 Å². The summed E-state index contributed by atoms with van der Waals surface area (Å²) in [6, 6.07) is 18.7. The molecule has 2 aromatic rings. The van der Waals surface area contributed by atoms with E-state index < -0.39 is 24.1 Å². The Kier molecular flexibility index (Phi) is 14.2. The second-order valence-electron chi connectivity index (χ2n) is 13.8. The zero-order valence-electron chi connectivity index (χ0n) is 28.8. The van der Waals surface area contributed by atoms with Crippen LogP contribution in [0, 0.1) is 35.2 Å². The van der Waals surface area contributed by atoms with Crippen LogP contribution in [0.15, 0.2) is 86.0 Å². The molecule has 264 valence electrons. The van der Waals surface area contributed by atoms with Gasteiger partial charge in [-0.05, 0) is 79.0 Å². The summed E-state index contributed by atoms with van der Waals surface area (Å²) in [6.07, 6.45) is 13.8. The first-order valence-corrected chi connectivity index (χ1v) is 16.9. The van der Waals surface area contributed by atoms with E-state index in [0.717, 1.165) is 44.3 Å². The zero-order valence-corrected chi connectivity index (χ0v) is 28.8. The number of benzene rings is 2. The second-order valence-corrected chi connectivity index (χ2v) is 13.8. The molecule has 4 rings (SSSR count). The van der Waals surface area contributed by atoms with Gasteiger partial charge in [0.05, 0.1) is 26.4 Å². The van der Waals surface area contributed by atoms with Crippen molar-refractivity contribution in [1.82, 2.24) is 0 Å². The highest BCUT2D eigenvalue weighted by Crippen LogP contribution is 2.54. The Hall–Kier alpha value is -4.26. The van der Waals surface area contributed by atoms with Crippen LogP contribution in [0.3, 0.4) is 0 Å². The Morgan fingerprint density at radius 3 is 1.76 bits per heavy atom. The summed E-state index contributed by atoms with van der Waals surface area (Å²) in [5.74, 6) is 1.14. The summed E-state index contributed by atoms with van der Waals surface area (Å²) < 4.78 is 40.7. The molecule has 2 aliphatic carbocycles. The third kappa shape index (κ3) is 12.0. The molecule has 0 saturated heterocycles. The third-order valence-electron chi connectivity index (χ3n) is 9.35. The van der Waals surface area contributed by atoms with E-state index in [1.807, 2.05) is 60.7 Å². The van der Waals surface area contributed by atoms with Crippen LogP contribution >= 0.6 is 0 Å². The number of ether oxygens (including phenoxy) is 7. The molecule has 9 heteroatoms. The van der Waals surface area contributed by atoms with E-state index >= 15 is 0 Å². The quantitative estimate of drug-likeness (QED) is 0.0877. The van der Waals surface area contributed by atoms with Crippen molar-refractivity contribution < 1.29 is 42.7 Å². The number of carbonyl (C=O) groups excluding carboxylic acids is 2. The van der Waals surface area contributed by atoms with Crippen LogP contribution in [0.4, 0.5) is 0 Å². The number of carbonyl (C=O) groups is 2. The topological polar surface area (TPSA) is 98.8 Å². The van der Waals surface area contributed by atoms with E-state index in [2.05, 4.69) is 33.1 Å². The summed E-state index contributed by atoms with van der Waals surface area (Å²) >= 11 is 0. The Balaban J connectivity index is 1.23. The summed E-state index contributed by atoms with van der Waals surface area (Å²) in [5.41, 5.74) is -0.149. The summed E-state index contributed by atoms with van der Waals surface area (Å²) in [4.78, 5) is 23.9. The fourth-order valence-corrected chi connectivity index (χ4v) is 6.90. The summed E-state index contributed by atoms with van der Waals surface area (Å²) in [6.45, 7) is 13.2. The first-order valence-electron chi connectivity index (χ1n) is 16.9. The molecule has 5 atom stereocenters. The van der Waals surface area contributed by atoms with Crippen LogP contribution in [0.25, 0.3) is 0 Å². The maximum Gasteiger partial charge on any atom is 0.330 e. The van der Waals surface area contributed by atoms with Gasteiger partial charge in [-0.25, -0.2) is 9.59 Å². The average molecular weight is 675 g/mol. The fourth-order valence-electron chi connectivity index (χ4n) is 6.90. The highest BCUT2D eigenvalue weighted by Gasteiger charge is 2.50.